The van der Waals surface area contributed by atoms with Gasteiger partial charge in [0.1, 0.15) is 6.10 Å². The molecule has 2 fully saturated rings. The molecular weight excluding hydrogens is 262 g/mol. The molecule has 0 aromatic rings. The van der Waals surface area contributed by atoms with E-state index in [-0.39, 0.29) is 17.9 Å². The summed E-state index contributed by atoms with van der Waals surface area (Å²) in [5.74, 6) is -1.04. The zero-order valence-electron chi connectivity index (χ0n) is 11.8. The smallest absolute Gasteiger partial charge is 0.323 e. The summed E-state index contributed by atoms with van der Waals surface area (Å²) in [5.41, 5.74) is -0.208. The van der Waals surface area contributed by atoms with Crippen molar-refractivity contribution >= 4 is 17.7 Å². The predicted molar refractivity (Wildman–Crippen MR) is 68.8 cm³/mol. The molecule has 1 heterocycles. The van der Waals surface area contributed by atoms with E-state index in [1.165, 1.54) is 14.2 Å². The van der Waals surface area contributed by atoms with E-state index >= 15 is 0 Å². The summed E-state index contributed by atoms with van der Waals surface area (Å²) in [5, 5.41) is 4.15. The quantitative estimate of drug-likeness (QED) is 0.563. The lowest BCUT2D eigenvalue weighted by Gasteiger charge is -2.34. The van der Waals surface area contributed by atoms with Crippen LogP contribution in [-0.2, 0) is 23.9 Å². The fourth-order valence-corrected chi connectivity index (χ4v) is 4.18. The second-order valence-corrected chi connectivity index (χ2v) is 5.74. The fourth-order valence-electron chi connectivity index (χ4n) is 4.18. The molecule has 110 valence electrons. The van der Waals surface area contributed by atoms with E-state index in [9.17, 15) is 9.59 Å². The van der Waals surface area contributed by atoms with Crippen LogP contribution in [0.5, 0.6) is 0 Å². The maximum Gasteiger partial charge on any atom is 0.323 e. The van der Waals surface area contributed by atoms with Crippen LogP contribution in [0, 0.1) is 17.3 Å². The molecule has 0 unspecified atom stereocenters. The Kier molecular flexibility index (Phi) is 3.18. The number of rotatable bonds is 2. The van der Waals surface area contributed by atoms with Crippen molar-refractivity contribution in [1.29, 1.82) is 0 Å². The monoisotopic (exact) mass is 281 g/mol. The standard InChI is InChI=1S/C14H19NO5/c1-18-12(16)14(13(17)19-2)7-3-4-9-11-8(14)5-6-10(11)20-15-9/h8,10-11H,3-7H2,1-2H3/t8-,10+,11+/m0/s1. The third-order valence-electron chi connectivity index (χ3n) is 5.02. The lowest BCUT2D eigenvalue weighted by atomic mass is 9.68. The Bertz CT molecular complexity index is 456. The maximum atomic E-state index is 12.4. The Morgan fingerprint density at radius 2 is 1.95 bits per heavy atom. The van der Waals surface area contributed by atoms with Gasteiger partial charge in [-0.15, -0.1) is 0 Å². The lowest BCUT2D eigenvalue weighted by Crippen LogP contribution is -2.48. The Morgan fingerprint density at radius 3 is 2.60 bits per heavy atom. The Labute approximate surface area is 117 Å². The van der Waals surface area contributed by atoms with E-state index in [1.807, 2.05) is 0 Å². The molecule has 3 rings (SSSR count). The van der Waals surface area contributed by atoms with E-state index < -0.39 is 17.4 Å². The first-order valence-electron chi connectivity index (χ1n) is 7.04. The number of methoxy groups -OCH3 is 2. The van der Waals surface area contributed by atoms with Crippen LogP contribution in [-0.4, -0.2) is 38.0 Å². The second-order valence-electron chi connectivity index (χ2n) is 5.74. The van der Waals surface area contributed by atoms with Crippen LogP contribution >= 0.6 is 0 Å². The van der Waals surface area contributed by atoms with E-state index in [4.69, 9.17) is 14.3 Å². The molecule has 1 aliphatic heterocycles. The second kappa shape index (κ2) is 4.75. The van der Waals surface area contributed by atoms with Gasteiger partial charge in [0.2, 0.25) is 0 Å². The summed E-state index contributed by atoms with van der Waals surface area (Å²) < 4.78 is 9.90. The molecule has 0 aromatic carbocycles. The largest absolute Gasteiger partial charge is 0.468 e. The van der Waals surface area contributed by atoms with Gasteiger partial charge < -0.3 is 14.3 Å². The van der Waals surface area contributed by atoms with Gasteiger partial charge in [-0.1, -0.05) is 5.16 Å². The average molecular weight is 281 g/mol. The van der Waals surface area contributed by atoms with Crippen LogP contribution in [0.15, 0.2) is 5.16 Å². The van der Waals surface area contributed by atoms with Crippen molar-refractivity contribution < 1.29 is 23.9 Å². The molecule has 3 atom stereocenters. The van der Waals surface area contributed by atoms with E-state index in [0.717, 1.165) is 25.0 Å². The minimum Gasteiger partial charge on any atom is -0.468 e. The number of oxime groups is 1. The van der Waals surface area contributed by atoms with Crippen LogP contribution in [0.1, 0.15) is 32.1 Å². The Hall–Kier alpha value is -1.59. The van der Waals surface area contributed by atoms with E-state index in [1.54, 1.807) is 0 Å². The molecule has 2 saturated carbocycles. The van der Waals surface area contributed by atoms with Gasteiger partial charge in [0, 0.05) is 5.92 Å². The van der Waals surface area contributed by atoms with Crippen molar-refractivity contribution in [3.8, 4) is 0 Å². The normalized spacial score (nSPS) is 33.5. The molecule has 2 aliphatic carbocycles. The molecule has 6 heteroatoms. The summed E-state index contributed by atoms with van der Waals surface area (Å²) in [6.07, 6.45) is 3.52. The molecular formula is C14H19NO5. The molecule has 20 heavy (non-hydrogen) atoms. The molecule has 0 aromatic heterocycles. The summed E-state index contributed by atoms with van der Waals surface area (Å²) in [6, 6.07) is 0. The van der Waals surface area contributed by atoms with Gasteiger partial charge in [0.05, 0.1) is 19.9 Å². The van der Waals surface area contributed by atoms with Gasteiger partial charge in [0.15, 0.2) is 5.41 Å². The minimum absolute atomic E-state index is 0.00165. The maximum absolute atomic E-state index is 12.4. The molecule has 0 radical (unpaired) electrons. The van der Waals surface area contributed by atoms with Crippen LogP contribution in [0.2, 0.25) is 0 Å². The topological polar surface area (TPSA) is 74.2 Å². The summed E-state index contributed by atoms with van der Waals surface area (Å²) in [6.45, 7) is 0. The van der Waals surface area contributed by atoms with Crippen LogP contribution in [0.25, 0.3) is 0 Å². The number of carbonyl (C=O) groups excluding carboxylic acids is 2. The molecule has 6 nitrogen and oxygen atoms in total. The number of nitrogens with zero attached hydrogens (tertiary/aromatic N) is 1. The fraction of sp³-hybridized carbons (Fsp3) is 0.786. The van der Waals surface area contributed by atoms with E-state index in [0.29, 0.717) is 12.8 Å². The van der Waals surface area contributed by atoms with Gasteiger partial charge >= 0.3 is 11.9 Å². The number of ether oxygens (including phenoxy) is 2. The highest BCUT2D eigenvalue weighted by molar-refractivity contribution is 6.02. The summed E-state index contributed by atoms with van der Waals surface area (Å²) in [4.78, 5) is 30.3. The SMILES string of the molecule is COC(=O)C1(C(=O)OC)CCCC2=NO[C@@H]3CC[C@H]1[C@H]23. The number of hydrogen-bond acceptors (Lipinski definition) is 6. The molecule has 0 bridgehead atoms. The molecule has 0 amide bonds. The average Bonchev–Trinajstić information content (AvgIpc) is 3.00. The Morgan fingerprint density at radius 1 is 1.25 bits per heavy atom. The first-order valence-corrected chi connectivity index (χ1v) is 7.04. The van der Waals surface area contributed by atoms with Gasteiger partial charge in [-0.05, 0) is 38.0 Å². The highest BCUT2D eigenvalue weighted by Crippen LogP contribution is 2.53. The zero-order chi connectivity index (χ0) is 14.3. The number of hydrogen-bond donors (Lipinski definition) is 0. The zero-order valence-corrected chi connectivity index (χ0v) is 11.8. The molecule has 0 saturated heterocycles. The molecule has 3 aliphatic rings. The number of esters is 2. The first-order chi connectivity index (χ1) is 9.65. The number of carbonyl (C=O) groups is 2. The van der Waals surface area contributed by atoms with Crippen molar-refractivity contribution in [2.45, 2.75) is 38.2 Å². The van der Waals surface area contributed by atoms with Gasteiger partial charge in [0.25, 0.3) is 0 Å². The predicted octanol–water partition coefficient (Wildman–Crippen LogP) is 1.28. The van der Waals surface area contributed by atoms with Crippen molar-refractivity contribution in [3.05, 3.63) is 0 Å². The summed E-state index contributed by atoms with van der Waals surface area (Å²) in [7, 11) is 2.65. The van der Waals surface area contributed by atoms with Gasteiger partial charge in [-0.3, -0.25) is 9.59 Å². The van der Waals surface area contributed by atoms with Crippen molar-refractivity contribution in [2.24, 2.45) is 22.4 Å². The van der Waals surface area contributed by atoms with Crippen molar-refractivity contribution in [3.63, 3.8) is 0 Å². The minimum atomic E-state index is -1.20. The van der Waals surface area contributed by atoms with Crippen molar-refractivity contribution in [1.82, 2.24) is 0 Å². The molecule has 0 N–H and O–H groups in total. The van der Waals surface area contributed by atoms with Gasteiger partial charge in [-0.25, -0.2) is 0 Å². The highest BCUT2D eigenvalue weighted by atomic mass is 16.6. The third-order valence-corrected chi connectivity index (χ3v) is 5.02. The van der Waals surface area contributed by atoms with Crippen LogP contribution in [0.3, 0.4) is 0 Å². The lowest BCUT2D eigenvalue weighted by molar-refractivity contribution is -0.175. The third kappa shape index (κ3) is 1.60. The van der Waals surface area contributed by atoms with Crippen molar-refractivity contribution in [2.75, 3.05) is 14.2 Å². The van der Waals surface area contributed by atoms with Crippen LogP contribution < -0.4 is 0 Å². The summed E-state index contributed by atoms with van der Waals surface area (Å²) >= 11 is 0. The first kappa shape index (κ1) is 13.4. The Balaban J connectivity index is 2.06. The highest BCUT2D eigenvalue weighted by Gasteiger charge is 2.63. The van der Waals surface area contributed by atoms with Crippen LogP contribution in [0.4, 0.5) is 0 Å². The van der Waals surface area contributed by atoms with Gasteiger partial charge in [-0.2, -0.15) is 0 Å². The molecule has 0 spiro atoms. The van der Waals surface area contributed by atoms with E-state index in [2.05, 4.69) is 5.16 Å².